The maximum absolute atomic E-state index is 14.6. The van der Waals surface area contributed by atoms with Gasteiger partial charge in [-0.05, 0) is 54.6 Å². The van der Waals surface area contributed by atoms with Gasteiger partial charge in [-0.15, -0.1) is 0 Å². The normalized spacial score (nSPS) is 13.5. The minimum atomic E-state index is -0.473. The summed E-state index contributed by atoms with van der Waals surface area (Å²) in [6, 6.07) is 39.9. The molecule has 0 unspecified atom stereocenters. The van der Waals surface area contributed by atoms with Gasteiger partial charge in [0.25, 0.3) is 0 Å². The van der Waals surface area contributed by atoms with Gasteiger partial charge in [0, 0.05) is 55.8 Å². The molecule has 270 valence electrons. The van der Waals surface area contributed by atoms with Crippen LogP contribution in [-0.2, 0) is 0 Å². The highest BCUT2D eigenvalue weighted by atomic mass is 16.5. The van der Waals surface area contributed by atoms with Crippen molar-refractivity contribution < 1.29 is 33.5 Å². The van der Waals surface area contributed by atoms with Crippen LogP contribution in [0.4, 0.5) is 22.7 Å². The highest BCUT2D eigenvalue weighted by Crippen LogP contribution is 2.41. The molecule has 10 rings (SSSR count). The van der Waals surface area contributed by atoms with E-state index in [-0.39, 0.29) is 90.1 Å². The molecule has 0 heterocycles. The van der Waals surface area contributed by atoms with Gasteiger partial charge in [-0.3, -0.25) is 28.8 Å². The van der Waals surface area contributed by atoms with Crippen LogP contribution in [0.2, 0.25) is 0 Å². The molecule has 0 atom stereocenters. The quantitative estimate of drug-likeness (QED) is 0.171. The number of rotatable bonds is 6. The summed E-state index contributed by atoms with van der Waals surface area (Å²) in [6.45, 7) is 0. The van der Waals surface area contributed by atoms with Crippen LogP contribution in [-0.4, -0.2) is 34.7 Å². The number of carbonyl (C=O) groups is 6. The van der Waals surface area contributed by atoms with Gasteiger partial charge in [-0.2, -0.15) is 0 Å². The summed E-state index contributed by atoms with van der Waals surface area (Å²) in [5.41, 5.74) is 3.31. The third-order valence-corrected chi connectivity index (χ3v) is 10.5. The third kappa shape index (κ3) is 5.25. The first-order chi connectivity index (χ1) is 27.8. The fourth-order valence-electron chi connectivity index (χ4n) is 7.91. The van der Waals surface area contributed by atoms with Gasteiger partial charge >= 0.3 is 0 Å². The number of nitrogens with one attached hydrogen (secondary N) is 2. The first-order valence-electron chi connectivity index (χ1n) is 18.1. The number of para-hydroxylation sites is 1. The molecule has 0 bridgehead atoms. The lowest BCUT2D eigenvalue weighted by Gasteiger charge is -2.25. The van der Waals surface area contributed by atoms with E-state index in [1.54, 1.807) is 115 Å². The van der Waals surface area contributed by atoms with Gasteiger partial charge in [-0.1, -0.05) is 91.0 Å². The highest BCUT2D eigenvalue weighted by Gasteiger charge is 2.36. The third-order valence-electron chi connectivity index (χ3n) is 10.5. The fraction of sp³-hybridized carbons (Fsp3) is 0. The van der Waals surface area contributed by atoms with Crippen molar-refractivity contribution in [1.29, 1.82) is 0 Å². The van der Waals surface area contributed by atoms with Crippen LogP contribution in [0, 0.1) is 0 Å². The van der Waals surface area contributed by atoms with E-state index in [0.29, 0.717) is 34.0 Å². The molecule has 2 N–H and O–H groups in total. The smallest absolute Gasteiger partial charge is 0.196 e. The van der Waals surface area contributed by atoms with Crippen LogP contribution >= 0.6 is 0 Å². The molecule has 0 radical (unpaired) electrons. The van der Waals surface area contributed by atoms with Crippen molar-refractivity contribution in [2.75, 3.05) is 10.6 Å². The van der Waals surface area contributed by atoms with Crippen molar-refractivity contribution >= 4 is 57.4 Å². The summed E-state index contributed by atoms with van der Waals surface area (Å²) in [5.74, 6) is -1.34. The second-order valence-electron chi connectivity index (χ2n) is 13.8. The highest BCUT2D eigenvalue weighted by molar-refractivity contribution is 6.33. The largest absolute Gasteiger partial charge is 0.457 e. The molecule has 0 aliphatic heterocycles. The summed E-state index contributed by atoms with van der Waals surface area (Å²) in [5, 5.41) is 6.52. The number of ether oxygens (including phenoxy) is 1. The maximum atomic E-state index is 14.6. The van der Waals surface area contributed by atoms with E-state index in [1.165, 1.54) is 12.1 Å². The van der Waals surface area contributed by atoms with Crippen molar-refractivity contribution in [3.05, 3.63) is 212 Å². The molecule has 0 saturated heterocycles. The van der Waals surface area contributed by atoms with Crippen molar-refractivity contribution in [1.82, 2.24) is 0 Å². The standard InChI is InChI=1S/C48H26N2O7/c51-43-28-12-4-6-14-30(28)46(54)40-33(43)16-8-18-37(40)49-25-22-36-42(48(56)35-24-27(20-21-32(35)45(36)53)57-26-10-2-1-3-11-26)39(23-25)50-38-19-9-17-34-41(38)47(55)31-15-7-5-13-29(31)44(34)52/h1-24,49-50H. The molecular formula is C48H26N2O7. The zero-order valence-corrected chi connectivity index (χ0v) is 29.7. The second kappa shape index (κ2) is 12.8. The van der Waals surface area contributed by atoms with Gasteiger partial charge in [0.1, 0.15) is 11.5 Å². The minimum Gasteiger partial charge on any atom is -0.457 e. The molecule has 3 aliphatic rings. The Hall–Kier alpha value is -8.04. The van der Waals surface area contributed by atoms with Crippen molar-refractivity contribution in [3.8, 4) is 11.5 Å². The number of fused-ring (bicyclic) bond motifs is 6. The molecule has 0 aromatic heterocycles. The lowest BCUT2D eigenvalue weighted by atomic mass is 9.81. The minimum absolute atomic E-state index is 0.0396. The van der Waals surface area contributed by atoms with E-state index in [4.69, 9.17) is 4.74 Å². The van der Waals surface area contributed by atoms with E-state index in [0.717, 1.165) is 0 Å². The molecule has 7 aromatic rings. The Morgan fingerprint density at radius 1 is 0.298 bits per heavy atom. The molecule has 0 saturated carbocycles. The van der Waals surface area contributed by atoms with Gasteiger partial charge < -0.3 is 15.4 Å². The molecule has 57 heavy (non-hydrogen) atoms. The summed E-state index contributed by atoms with van der Waals surface area (Å²) in [4.78, 5) is 84.1. The predicted octanol–water partition coefficient (Wildman–Crippen LogP) is 9.29. The summed E-state index contributed by atoms with van der Waals surface area (Å²) < 4.78 is 6.01. The summed E-state index contributed by atoms with van der Waals surface area (Å²) in [7, 11) is 0. The Morgan fingerprint density at radius 2 is 0.754 bits per heavy atom. The van der Waals surface area contributed by atoms with Crippen LogP contribution in [0.15, 0.2) is 146 Å². The number of hydrogen-bond acceptors (Lipinski definition) is 9. The van der Waals surface area contributed by atoms with Gasteiger partial charge in [-0.25, -0.2) is 0 Å². The number of ketones is 6. The fourth-order valence-corrected chi connectivity index (χ4v) is 7.91. The Labute approximate surface area is 324 Å². The number of hydrogen-bond donors (Lipinski definition) is 2. The Balaban J connectivity index is 1.12. The predicted molar refractivity (Wildman–Crippen MR) is 212 cm³/mol. The first kappa shape index (κ1) is 33.5. The van der Waals surface area contributed by atoms with Crippen molar-refractivity contribution in [3.63, 3.8) is 0 Å². The molecule has 3 aliphatic carbocycles. The Morgan fingerprint density at radius 3 is 1.35 bits per heavy atom. The second-order valence-corrected chi connectivity index (χ2v) is 13.8. The number of benzene rings is 7. The molecular weight excluding hydrogens is 717 g/mol. The van der Waals surface area contributed by atoms with Crippen LogP contribution in [0.3, 0.4) is 0 Å². The molecule has 9 heteroatoms. The average molecular weight is 743 g/mol. The zero-order chi connectivity index (χ0) is 38.9. The van der Waals surface area contributed by atoms with Crippen molar-refractivity contribution in [2.45, 2.75) is 0 Å². The Bertz CT molecular complexity index is 3000. The van der Waals surface area contributed by atoms with Crippen molar-refractivity contribution in [2.24, 2.45) is 0 Å². The van der Waals surface area contributed by atoms with Crippen LogP contribution in [0.25, 0.3) is 0 Å². The molecule has 0 amide bonds. The van der Waals surface area contributed by atoms with E-state index in [2.05, 4.69) is 10.6 Å². The lowest BCUT2D eigenvalue weighted by molar-refractivity contribution is 0.0979. The van der Waals surface area contributed by atoms with Gasteiger partial charge in [0.15, 0.2) is 34.7 Å². The molecule has 0 fully saturated rings. The van der Waals surface area contributed by atoms with Crippen LogP contribution in [0.1, 0.15) is 95.5 Å². The summed E-state index contributed by atoms with van der Waals surface area (Å²) in [6.07, 6.45) is 0. The Kier molecular flexibility index (Phi) is 7.52. The van der Waals surface area contributed by atoms with Crippen LogP contribution in [0.5, 0.6) is 11.5 Å². The monoisotopic (exact) mass is 742 g/mol. The van der Waals surface area contributed by atoms with E-state index in [9.17, 15) is 28.8 Å². The molecule has 0 spiro atoms. The van der Waals surface area contributed by atoms with E-state index >= 15 is 0 Å². The van der Waals surface area contributed by atoms with E-state index < -0.39 is 11.6 Å². The van der Waals surface area contributed by atoms with Gasteiger partial charge in [0.05, 0.1) is 33.8 Å². The number of carbonyl (C=O) groups excluding carboxylic acids is 6. The average Bonchev–Trinajstić information content (AvgIpc) is 3.24. The zero-order valence-electron chi connectivity index (χ0n) is 29.7. The van der Waals surface area contributed by atoms with E-state index in [1.807, 2.05) is 18.2 Å². The topological polar surface area (TPSA) is 136 Å². The van der Waals surface area contributed by atoms with Gasteiger partial charge in [0.2, 0.25) is 0 Å². The first-order valence-corrected chi connectivity index (χ1v) is 18.1. The summed E-state index contributed by atoms with van der Waals surface area (Å²) >= 11 is 0. The maximum Gasteiger partial charge on any atom is 0.196 e. The number of anilines is 4. The SMILES string of the molecule is O=C1c2ccccc2C(=O)c2c(Nc3cc(Nc4cccc5c4C(=O)c4ccccc4C5=O)c4c(c3)C(=O)c3ccc(Oc5ccccc5)cc3C4=O)cccc21. The molecule has 7 aromatic carbocycles. The lowest BCUT2D eigenvalue weighted by Crippen LogP contribution is -2.24. The van der Waals surface area contributed by atoms with Crippen LogP contribution < -0.4 is 15.4 Å². The molecule has 9 nitrogen and oxygen atoms in total.